The Labute approximate surface area is 147 Å². The third-order valence-corrected chi connectivity index (χ3v) is 6.80. The van der Waals surface area contributed by atoms with E-state index >= 15 is 0 Å². The Morgan fingerprint density at radius 1 is 1.28 bits per heavy atom. The molecule has 1 aromatic rings. The second kappa shape index (κ2) is 5.07. The molecule has 5 rings (SSSR count). The summed E-state index contributed by atoms with van der Waals surface area (Å²) in [7, 11) is 0. The van der Waals surface area contributed by atoms with Gasteiger partial charge in [0.25, 0.3) is 0 Å². The number of nitrogens with zero attached hydrogens (tertiary/aromatic N) is 1. The van der Waals surface area contributed by atoms with Gasteiger partial charge in [-0.3, -0.25) is 14.9 Å². The highest BCUT2D eigenvalue weighted by atomic mass is 16.5. The summed E-state index contributed by atoms with van der Waals surface area (Å²) in [6, 6.07) is 8.78. The van der Waals surface area contributed by atoms with E-state index in [-0.39, 0.29) is 23.5 Å². The number of likely N-dealkylation sites (tertiary alicyclic amines) is 1. The highest BCUT2D eigenvalue weighted by Gasteiger charge is 2.59. The Kier molecular flexibility index (Phi) is 3.12. The van der Waals surface area contributed by atoms with Gasteiger partial charge in [-0.05, 0) is 37.7 Å². The molecule has 1 aliphatic carbocycles. The molecule has 1 spiro atoms. The molecule has 0 bridgehead atoms. The summed E-state index contributed by atoms with van der Waals surface area (Å²) >= 11 is 0. The van der Waals surface area contributed by atoms with Crippen LogP contribution in [0.2, 0.25) is 0 Å². The average molecular weight is 340 g/mol. The zero-order valence-electron chi connectivity index (χ0n) is 14.6. The SMILES string of the molecule is Cc1ccc(C23CCN(C(=O)[C@@H]4C[C@]5(COC(=O)C5)N4)CC2C3)cc1. The Morgan fingerprint density at radius 2 is 2.04 bits per heavy atom. The third kappa shape index (κ3) is 2.32. The van der Waals surface area contributed by atoms with Crippen LogP contribution in [0, 0.1) is 12.8 Å². The molecule has 0 radical (unpaired) electrons. The molecule has 3 heterocycles. The molecule has 1 amide bonds. The standard InChI is InChI=1S/C20H24N2O3/c1-13-2-4-14(5-3-13)20-6-7-22(11-15(20)8-20)18(24)16-9-19(21-16)10-17(23)25-12-19/h2-5,15-16,21H,6-12H2,1H3/t15?,16-,19-,20?/m0/s1. The van der Waals surface area contributed by atoms with Crippen molar-refractivity contribution >= 4 is 11.9 Å². The van der Waals surface area contributed by atoms with Gasteiger partial charge in [-0.2, -0.15) is 0 Å². The maximum Gasteiger partial charge on any atom is 0.307 e. The number of esters is 1. The molecule has 1 aromatic carbocycles. The fourth-order valence-electron chi connectivity index (χ4n) is 5.13. The second-order valence-electron chi connectivity index (χ2n) is 8.48. The van der Waals surface area contributed by atoms with Gasteiger partial charge in [0.2, 0.25) is 5.91 Å². The molecule has 3 aliphatic heterocycles. The second-order valence-corrected chi connectivity index (χ2v) is 8.48. The largest absolute Gasteiger partial charge is 0.464 e. The summed E-state index contributed by atoms with van der Waals surface area (Å²) in [4.78, 5) is 26.1. The number of carbonyl (C=O) groups excluding carboxylic acids is 2. The molecule has 4 atom stereocenters. The topological polar surface area (TPSA) is 58.6 Å². The van der Waals surface area contributed by atoms with Gasteiger partial charge in [0.15, 0.2) is 0 Å². The van der Waals surface area contributed by atoms with Crippen molar-refractivity contribution in [3.8, 4) is 0 Å². The van der Waals surface area contributed by atoms with Gasteiger partial charge < -0.3 is 9.64 Å². The van der Waals surface area contributed by atoms with E-state index in [0.717, 1.165) is 25.9 Å². The van der Waals surface area contributed by atoms with Crippen molar-refractivity contribution in [3.05, 3.63) is 35.4 Å². The molecule has 25 heavy (non-hydrogen) atoms. The van der Waals surface area contributed by atoms with Crippen LogP contribution in [0.25, 0.3) is 0 Å². The lowest BCUT2D eigenvalue weighted by Gasteiger charge is -2.46. The fraction of sp³-hybridized carbons (Fsp3) is 0.600. The third-order valence-electron chi connectivity index (χ3n) is 6.80. The molecule has 1 saturated carbocycles. The molecule has 4 fully saturated rings. The summed E-state index contributed by atoms with van der Waals surface area (Å²) < 4.78 is 5.05. The first-order valence-corrected chi connectivity index (χ1v) is 9.29. The summed E-state index contributed by atoms with van der Waals surface area (Å²) in [5, 5.41) is 3.32. The lowest BCUT2D eigenvalue weighted by molar-refractivity contribution is -0.139. The normalized spacial score (nSPS) is 38.9. The van der Waals surface area contributed by atoms with E-state index in [1.807, 2.05) is 4.90 Å². The van der Waals surface area contributed by atoms with E-state index in [9.17, 15) is 9.59 Å². The number of carbonyl (C=O) groups is 2. The number of piperidine rings is 1. The molecule has 0 aromatic heterocycles. The van der Waals surface area contributed by atoms with Gasteiger partial charge >= 0.3 is 5.97 Å². The van der Waals surface area contributed by atoms with Gasteiger partial charge in [0.1, 0.15) is 6.61 Å². The van der Waals surface area contributed by atoms with E-state index in [1.165, 1.54) is 17.5 Å². The minimum Gasteiger partial charge on any atom is -0.464 e. The highest BCUT2D eigenvalue weighted by Crippen LogP contribution is 2.59. The number of cyclic esters (lactones) is 1. The van der Waals surface area contributed by atoms with Crippen molar-refractivity contribution in [1.29, 1.82) is 0 Å². The molecule has 3 saturated heterocycles. The van der Waals surface area contributed by atoms with Gasteiger partial charge in [-0.15, -0.1) is 0 Å². The Morgan fingerprint density at radius 3 is 2.68 bits per heavy atom. The highest BCUT2D eigenvalue weighted by molar-refractivity contribution is 5.85. The van der Waals surface area contributed by atoms with Gasteiger partial charge in [-0.25, -0.2) is 0 Å². The molecular weight excluding hydrogens is 316 g/mol. The summed E-state index contributed by atoms with van der Waals surface area (Å²) in [6.07, 6.45) is 3.38. The van der Waals surface area contributed by atoms with Crippen LogP contribution in [0.15, 0.2) is 24.3 Å². The monoisotopic (exact) mass is 340 g/mol. The summed E-state index contributed by atoms with van der Waals surface area (Å²) in [5.41, 5.74) is 2.78. The van der Waals surface area contributed by atoms with Crippen molar-refractivity contribution in [3.63, 3.8) is 0 Å². The fourth-order valence-corrected chi connectivity index (χ4v) is 5.13. The smallest absolute Gasteiger partial charge is 0.307 e. The van der Waals surface area contributed by atoms with Crippen LogP contribution in [-0.4, -0.2) is 48.1 Å². The van der Waals surface area contributed by atoms with Crippen molar-refractivity contribution in [1.82, 2.24) is 10.2 Å². The zero-order valence-corrected chi connectivity index (χ0v) is 14.6. The van der Waals surface area contributed by atoms with E-state index in [4.69, 9.17) is 4.74 Å². The van der Waals surface area contributed by atoms with Crippen LogP contribution in [-0.2, 0) is 19.7 Å². The van der Waals surface area contributed by atoms with Crippen molar-refractivity contribution in [2.24, 2.45) is 5.92 Å². The molecule has 5 nitrogen and oxygen atoms in total. The first kappa shape index (κ1) is 15.4. The molecule has 132 valence electrons. The predicted molar refractivity (Wildman–Crippen MR) is 92.0 cm³/mol. The quantitative estimate of drug-likeness (QED) is 0.830. The summed E-state index contributed by atoms with van der Waals surface area (Å²) in [6.45, 7) is 4.24. The number of ether oxygens (including phenoxy) is 1. The van der Waals surface area contributed by atoms with Crippen LogP contribution >= 0.6 is 0 Å². The number of fused-ring (bicyclic) bond motifs is 1. The minimum absolute atomic E-state index is 0.139. The van der Waals surface area contributed by atoms with Gasteiger partial charge in [0.05, 0.1) is 18.0 Å². The Bertz CT molecular complexity index is 738. The van der Waals surface area contributed by atoms with Crippen molar-refractivity contribution < 1.29 is 14.3 Å². The Balaban J connectivity index is 1.21. The van der Waals surface area contributed by atoms with Crippen LogP contribution < -0.4 is 5.32 Å². The minimum atomic E-state index is -0.265. The molecule has 2 unspecified atom stereocenters. The predicted octanol–water partition coefficient (Wildman–Crippen LogP) is 1.53. The number of amides is 1. The van der Waals surface area contributed by atoms with E-state index in [1.54, 1.807) is 0 Å². The summed E-state index contributed by atoms with van der Waals surface area (Å²) in [5.74, 6) is 0.643. The average Bonchev–Trinajstić information content (AvgIpc) is 3.19. The number of nitrogens with one attached hydrogen (secondary N) is 1. The van der Waals surface area contributed by atoms with Crippen LogP contribution in [0.5, 0.6) is 0 Å². The first-order valence-electron chi connectivity index (χ1n) is 9.29. The Hall–Kier alpha value is -1.88. The number of aryl methyl sites for hydroxylation is 1. The van der Waals surface area contributed by atoms with E-state index in [0.29, 0.717) is 24.4 Å². The molecule has 5 heteroatoms. The molecule has 1 N–H and O–H groups in total. The van der Waals surface area contributed by atoms with Gasteiger partial charge in [0, 0.05) is 18.5 Å². The number of hydrogen-bond acceptors (Lipinski definition) is 4. The van der Waals surface area contributed by atoms with Crippen LogP contribution in [0.1, 0.15) is 36.8 Å². The van der Waals surface area contributed by atoms with Gasteiger partial charge in [-0.1, -0.05) is 29.8 Å². The maximum atomic E-state index is 12.8. The van der Waals surface area contributed by atoms with Crippen molar-refractivity contribution in [2.45, 2.75) is 49.6 Å². The maximum absolute atomic E-state index is 12.8. The molecular formula is C20H24N2O3. The van der Waals surface area contributed by atoms with Crippen molar-refractivity contribution in [2.75, 3.05) is 19.7 Å². The number of benzene rings is 1. The zero-order chi connectivity index (χ0) is 17.2. The van der Waals surface area contributed by atoms with Crippen LogP contribution in [0.3, 0.4) is 0 Å². The molecule has 4 aliphatic rings. The first-order chi connectivity index (χ1) is 12.0. The van der Waals surface area contributed by atoms with Crippen LogP contribution in [0.4, 0.5) is 0 Å². The van der Waals surface area contributed by atoms with E-state index < -0.39 is 0 Å². The number of rotatable bonds is 2. The van der Waals surface area contributed by atoms with E-state index in [2.05, 4.69) is 36.5 Å². The lowest BCUT2D eigenvalue weighted by Crippen LogP contribution is -2.69. The lowest BCUT2D eigenvalue weighted by atomic mass is 9.79. The number of hydrogen-bond donors (Lipinski definition) is 1.